The summed E-state index contributed by atoms with van der Waals surface area (Å²) in [5.41, 5.74) is -0.879. The number of rotatable bonds is 6. The summed E-state index contributed by atoms with van der Waals surface area (Å²) in [6.07, 6.45) is 0. The van der Waals surface area contributed by atoms with E-state index in [1.807, 2.05) is 6.55 Å². The van der Waals surface area contributed by atoms with Crippen molar-refractivity contribution in [2.24, 2.45) is 0 Å². The fraction of sp³-hybridized carbons (Fsp3) is 0.500. The number of carbonyl (C=O) groups excluding carboxylic acids is 1. The van der Waals surface area contributed by atoms with Gasteiger partial charge in [-0.15, -0.1) is 0 Å². The Kier molecular flexibility index (Phi) is 5.31. The van der Waals surface area contributed by atoms with Crippen LogP contribution in [0.15, 0.2) is 24.3 Å². The Morgan fingerprint density at radius 3 is 2.10 bits per heavy atom. The summed E-state index contributed by atoms with van der Waals surface area (Å²) >= 11 is 0. The number of benzene rings is 1. The molecule has 0 bridgehead atoms. The summed E-state index contributed by atoms with van der Waals surface area (Å²) in [5.74, 6) is 0.405. The number of hydrogen-bond acceptors (Lipinski definition) is 4. The predicted octanol–water partition coefficient (Wildman–Crippen LogP) is 2.72. The van der Waals surface area contributed by atoms with E-state index in [0.717, 1.165) is 0 Å². The van der Waals surface area contributed by atoms with Gasteiger partial charge < -0.3 is 13.6 Å². The highest BCUT2D eigenvalue weighted by molar-refractivity contribution is 6.75. The van der Waals surface area contributed by atoms with Gasteiger partial charge in [0.05, 0.1) is 0 Å². The van der Waals surface area contributed by atoms with Crippen LogP contribution in [0.2, 0.25) is 26.2 Å². The van der Waals surface area contributed by atoms with Crippen LogP contribution in [0, 0.1) is 0 Å². The monoisotopic (exact) mass is 312 g/mol. The van der Waals surface area contributed by atoms with Crippen LogP contribution in [0.3, 0.4) is 0 Å². The Morgan fingerprint density at radius 1 is 1.20 bits per heavy atom. The van der Waals surface area contributed by atoms with Gasteiger partial charge in [-0.3, -0.25) is 4.79 Å². The van der Waals surface area contributed by atoms with Gasteiger partial charge in [-0.1, -0.05) is 0 Å². The molecule has 1 aromatic carbocycles. The van der Waals surface area contributed by atoms with E-state index in [1.165, 1.54) is 13.8 Å². The van der Waals surface area contributed by atoms with Crippen LogP contribution in [0.1, 0.15) is 24.2 Å². The smallest absolute Gasteiger partial charge is 0.369 e. The molecule has 4 nitrogen and oxygen atoms in total. The third-order valence-electron chi connectivity index (χ3n) is 2.49. The lowest BCUT2D eigenvalue weighted by atomic mass is 9.97. The standard InChI is InChI=1S/C14H24O4Si2/c1-14(2,16)13(15)11-7-9-12(10-8-11)17-19(3)18-20(4,5)6/h7-10,16,19H,1-6H3. The second-order valence-electron chi connectivity index (χ2n) is 6.33. The molecule has 0 aliphatic carbocycles. The average molecular weight is 313 g/mol. The molecule has 0 fully saturated rings. The zero-order valence-corrected chi connectivity index (χ0v) is 15.2. The van der Waals surface area contributed by atoms with E-state index < -0.39 is 23.2 Å². The van der Waals surface area contributed by atoms with E-state index >= 15 is 0 Å². The number of carbonyl (C=O) groups is 1. The zero-order valence-electron chi connectivity index (χ0n) is 13.1. The normalized spacial score (nSPS) is 13.9. The maximum atomic E-state index is 11.9. The highest BCUT2D eigenvalue weighted by Crippen LogP contribution is 2.18. The van der Waals surface area contributed by atoms with E-state index in [2.05, 4.69) is 19.6 Å². The molecule has 0 aromatic heterocycles. The molecule has 112 valence electrons. The third-order valence-corrected chi connectivity index (χ3v) is 7.25. The van der Waals surface area contributed by atoms with Crippen LogP contribution >= 0.6 is 0 Å². The summed E-state index contributed by atoms with van der Waals surface area (Å²) in [6.45, 7) is 11.3. The average Bonchev–Trinajstić information content (AvgIpc) is 2.25. The SMILES string of the molecule is C[SiH](Oc1ccc(C(=O)C(C)(C)O)cc1)O[Si](C)(C)C. The van der Waals surface area contributed by atoms with E-state index in [4.69, 9.17) is 8.54 Å². The highest BCUT2D eigenvalue weighted by atomic mass is 28.4. The van der Waals surface area contributed by atoms with Gasteiger partial charge in [-0.25, -0.2) is 0 Å². The Balaban J connectivity index is 2.70. The predicted molar refractivity (Wildman–Crippen MR) is 85.1 cm³/mol. The minimum Gasteiger partial charge on any atom is -0.523 e. The Hall–Kier alpha value is -0.956. The van der Waals surface area contributed by atoms with Gasteiger partial charge in [0.15, 0.2) is 14.1 Å². The molecule has 1 aromatic rings. The van der Waals surface area contributed by atoms with Gasteiger partial charge in [0.25, 0.3) is 0 Å². The van der Waals surface area contributed by atoms with Crippen LogP contribution in [-0.4, -0.2) is 34.1 Å². The molecule has 0 saturated carbocycles. The summed E-state index contributed by atoms with van der Waals surface area (Å²) < 4.78 is 11.7. The first-order valence-electron chi connectivity index (χ1n) is 6.71. The van der Waals surface area contributed by atoms with E-state index in [1.54, 1.807) is 24.3 Å². The van der Waals surface area contributed by atoms with Crippen molar-refractivity contribution in [1.29, 1.82) is 0 Å². The first-order chi connectivity index (χ1) is 8.99. The lowest BCUT2D eigenvalue weighted by Crippen LogP contribution is -2.36. The Bertz CT molecular complexity index is 458. The molecule has 0 aliphatic heterocycles. The van der Waals surface area contributed by atoms with Crippen molar-refractivity contribution in [3.05, 3.63) is 29.8 Å². The Labute approximate surface area is 123 Å². The van der Waals surface area contributed by atoms with Gasteiger partial charge in [0.1, 0.15) is 11.4 Å². The molecule has 20 heavy (non-hydrogen) atoms. The molecule has 1 rings (SSSR count). The highest BCUT2D eigenvalue weighted by Gasteiger charge is 2.25. The molecule has 0 saturated heterocycles. The number of ketones is 1. The summed E-state index contributed by atoms with van der Waals surface area (Å²) in [5, 5.41) is 9.69. The van der Waals surface area contributed by atoms with Gasteiger partial charge in [0.2, 0.25) is 0 Å². The molecule has 0 aliphatic rings. The lowest BCUT2D eigenvalue weighted by molar-refractivity contribution is 0.0488. The molecule has 0 radical (unpaired) electrons. The number of Topliss-reactive ketones (excluding diaryl/α,β-unsaturated/α-hetero) is 1. The van der Waals surface area contributed by atoms with Crippen LogP contribution in [-0.2, 0) is 4.12 Å². The van der Waals surface area contributed by atoms with Crippen molar-refractivity contribution >= 4 is 23.4 Å². The Morgan fingerprint density at radius 2 is 1.70 bits per heavy atom. The van der Waals surface area contributed by atoms with Crippen molar-refractivity contribution in [3.63, 3.8) is 0 Å². The lowest BCUT2D eigenvalue weighted by Gasteiger charge is -2.23. The zero-order chi connectivity index (χ0) is 15.6. The molecule has 0 heterocycles. The first-order valence-corrected chi connectivity index (χ1v) is 12.2. The van der Waals surface area contributed by atoms with E-state index in [0.29, 0.717) is 11.3 Å². The van der Waals surface area contributed by atoms with Gasteiger partial charge in [0, 0.05) is 5.56 Å². The van der Waals surface area contributed by atoms with Crippen LogP contribution < -0.4 is 4.43 Å². The van der Waals surface area contributed by atoms with E-state index in [-0.39, 0.29) is 5.78 Å². The van der Waals surface area contributed by atoms with Crippen molar-refractivity contribution in [3.8, 4) is 5.75 Å². The maximum absolute atomic E-state index is 11.9. The second kappa shape index (κ2) is 6.21. The molecule has 0 spiro atoms. The van der Waals surface area contributed by atoms with Gasteiger partial charge >= 0.3 is 9.28 Å². The van der Waals surface area contributed by atoms with Gasteiger partial charge in [-0.05, 0) is 64.3 Å². The third kappa shape index (κ3) is 5.58. The molecular weight excluding hydrogens is 288 g/mol. The molecule has 1 unspecified atom stereocenters. The minimum atomic E-state index is -1.70. The van der Waals surface area contributed by atoms with Crippen LogP contribution in [0.25, 0.3) is 0 Å². The first kappa shape index (κ1) is 17.1. The summed E-state index contributed by atoms with van der Waals surface area (Å²) in [6, 6.07) is 6.84. The van der Waals surface area contributed by atoms with Crippen molar-refractivity contribution in [1.82, 2.24) is 0 Å². The second-order valence-corrected chi connectivity index (χ2v) is 12.9. The topological polar surface area (TPSA) is 55.8 Å². The molecular formula is C14H24O4Si2. The molecule has 1 atom stereocenters. The quantitative estimate of drug-likeness (QED) is 0.648. The maximum Gasteiger partial charge on any atom is 0.369 e. The van der Waals surface area contributed by atoms with Crippen molar-refractivity contribution in [2.45, 2.75) is 45.6 Å². The molecule has 1 N–H and O–H groups in total. The van der Waals surface area contributed by atoms with E-state index in [9.17, 15) is 9.90 Å². The number of aliphatic hydroxyl groups is 1. The molecule has 6 heteroatoms. The molecule has 0 amide bonds. The summed E-state index contributed by atoms with van der Waals surface area (Å²) in [7, 11) is -3.28. The van der Waals surface area contributed by atoms with Gasteiger partial charge in [-0.2, -0.15) is 0 Å². The minimum absolute atomic E-state index is 0.298. The number of hydrogen-bond donors (Lipinski definition) is 1. The largest absolute Gasteiger partial charge is 0.523 e. The van der Waals surface area contributed by atoms with Crippen LogP contribution in [0.5, 0.6) is 5.75 Å². The summed E-state index contributed by atoms with van der Waals surface area (Å²) in [4.78, 5) is 11.9. The van der Waals surface area contributed by atoms with Crippen LogP contribution in [0.4, 0.5) is 0 Å². The van der Waals surface area contributed by atoms with Crippen molar-refractivity contribution < 1.29 is 18.4 Å². The van der Waals surface area contributed by atoms with Crippen molar-refractivity contribution in [2.75, 3.05) is 0 Å². The fourth-order valence-corrected chi connectivity index (χ4v) is 6.47. The fourth-order valence-electron chi connectivity index (χ4n) is 1.75.